The number of aliphatic imine (C=N–C) groups is 1. The Hall–Kier alpha value is -2.73. The lowest BCUT2D eigenvalue weighted by Gasteiger charge is -2.09. The third kappa shape index (κ3) is 2.82. The number of aromatic hydroxyl groups is 1. The highest BCUT2D eigenvalue weighted by Crippen LogP contribution is 2.33. The number of fused-ring (bicyclic) bond motifs is 1. The van der Waals surface area contributed by atoms with Crippen LogP contribution in [0.5, 0.6) is 5.75 Å². The Labute approximate surface area is 128 Å². The van der Waals surface area contributed by atoms with Gasteiger partial charge in [-0.05, 0) is 42.7 Å². The number of rotatable bonds is 3. The van der Waals surface area contributed by atoms with Crippen LogP contribution in [-0.2, 0) is 13.0 Å². The number of aryl methyl sites for hydroxylation is 1. The Bertz CT molecular complexity index is 767. The molecule has 3 rings (SSSR count). The van der Waals surface area contributed by atoms with Gasteiger partial charge in [0.15, 0.2) is 0 Å². The summed E-state index contributed by atoms with van der Waals surface area (Å²) in [5, 5.41) is 18.1. The van der Waals surface area contributed by atoms with Crippen molar-refractivity contribution < 1.29 is 5.11 Å². The Balaban J connectivity index is 1.90. The van der Waals surface area contributed by atoms with E-state index in [-0.39, 0.29) is 12.3 Å². The number of azo groups is 1. The fourth-order valence-electron chi connectivity index (χ4n) is 2.34. The Kier molecular flexibility index (Phi) is 3.84. The number of hydrogen-bond donors (Lipinski definition) is 3. The molecule has 2 aromatic rings. The van der Waals surface area contributed by atoms with Crippen LogP contribution >= 0.6 is 0 Å². The fourth-order valence-corrected chi connectivity index (χ4v) is 2.34. The number of nitrogens with zero attached hydrogens (tertiary/aromatic N) is 3. The molecule has 0 aromatic heterocycles. The molecule has 22 heavy (non-hydrogen) atoms. The first kappa shape index (κ1) is 14.2. The Morgan fingerprint density at radius 1 is 1.18 bits per heavy atom. The maximum Gasteiger partial charge on any atom is 0.122 e. The molecule has 0 radical (unpaired) electrons. The summed E-state index contributed by atoms with van der Waals surface area (Å²) in [4.78, 5) is 4.34. The maximum atomic E-state index is 9.69. The van der Waals surface area contributed by atoms with Gasteiger partial charge in [-0.3, -0.25) is 4.99 Å². The molecule has 2 aromatic carbocycles. The van der Waals surface area contributed by atoms with E-state index in [1.54, 1.807) is 6.07 Å². The number of benzene rings is 2. The largest absolute Gasteiger partial charge is 0.508 e. The minimum atomic E-state index is 0.0746. The van der Waals surface area contributed by atoms with E-state index in [0.717, 1.165) is 24.2 Å². The molecule has 112 valence electrons. The van der Waals surface area contributed by atoms with Crippen molar-refractivity contribution in [1.82, 2.24) is 0 Å². The lowest BCUT2D eigenvalue weighted by atomic mass is 10.1. The van der Waals surface area contributed by atoms with Gasteiger partial charge in [-0.25, -0.2) is 0 Å². The molecule has 5 N–H and O–H groups in total. The van der Waals surface area contributed by atoms with Gasteiger partial charge in [-0.1, -0.05) is 0 Å². The number of phenols is 1. The summed E-state index contributed by atoms with van der Waals surface area (Å²) in [6.07, 6.45) is 3.83. The zero-order valence-electron chi connectivity index (χ0n) is 12.0. The lowest BCUT2D eigenvalue weighted by Crippen LogP contribution is -1.97. The van der Waals surface area contributed by atoms with Crippen LogP contribution in [0.25, 0.3) is 0 Å². The van der Waals surface area contributed by atoms with Gasteiger partial charge in [0.2, 0.25) is 0 Å². The average molecular weight is 295 g/mol. The second-order valence-corrected chi connectivity index (χ2v) is 5.11. The van der Waals surface area contributed by atoms with Gasteiger partial charge < -0.3 is 16.6 Å². The molecule has 1 aliphatic heterocycles. The molecule has 0 fully saturated rings. The van der Waals surface area contributed by atoms with Crippen LogP contribution in [0.1, 0.15) is 17.5 Å². The Morgan fingerprint density at radius 3 is 2.86 bits per heavy atom. The topological polar surface area (TPSA) is 109 Å². The maximum absolute atomic E-state index is 9.69. The SMILES string of the molecule is NCc1cc(/N=N/c2ccc3c(c2)CCC=N3)c(N)cc1O. The normalized spacial score (nSPS) is 13.5. The number of anilines is 1. The van der Waals surface area contributed by atoms with Crippen LogP contribution in [0.4, 0.5) is 22.7 Å². The third-order valence-corrected chi connectivity index (χ3v) is 3.56. The Morgan fingerprint density at radius 2 is 2.05 bits per heavy atom. The molecule has 0 unspecified atom stereocenters. The van der Waals surface area contributed by atoms with E-state index >= 15 is 0 Å². The van der Waals surface area contributed by atoms with Crippen LogP contribution in [0.15, 0.2) is 45.6 Å². The van der Waals surface area contributed by atoms with Crippen LogP contribution in [0, 0.1) is 0 Å². The predicted molar refractivity (Wildman–Crippen MR) is 87.5 cm³/mol. The van der Waals surface area contributed by atoms with E-state index in [0.29, 0.717) is 16.9 Å². The second kappa shape index (κ2) is 5.95. The molecule has 0 bridgehead atoms. The molecule has 0 saturated heterocycles. The summed E-state index contributed by atoms with van der Waals surface area (Å²) in [6, 6.07) is 8.88. The average Bonchev–Trinajstić information content (AvgIpc) is 2.54. The summed E-state index contributed by atoms with van der Waals surface area (Å²) >= 11 is 0. The molecule has 0 spiro atoms. The first-order valence-electron chi connectivity index (χ1n) is 7.06. The quantitative estimate of drug-likeness (QED) is 0.595. The monoisotopic (exact) mass is 295 g/mol. The lowest BCUT2D eigenvalue weighted by molar-refractivity contribution is 0.469. The van der Waals surface area contributed by atoms with E-state index in [1.807, 2.05) is 24.4 Å². The fraction of sp³-hybridized carbons (Fsp3) is 0.188. The summed E-state index contributed by atoms with van der Waals surface area (Å²) in [6.45, 7) is 0.214. The molecule has 0 atom stereocenters. The van der Waals surface area contributed by atoms with Gasteiger partial charge in [-0.15, -0.1) is 5.11 Å². The van der Waals surface area contributed by atoms with Crippen molar-refractivity contribution >= 4 is 29.0 Å². The van der Waals surface area contributed by atoms with Crippen LogP contribution < -0.4 is 11.5 Å². The van der Waals surface area contributed by atoms with Crippen molar-refractivity contribution in [2.75, 3.05) is 5.73 Å². The van der Waals surface area contributed by atoms with Gasteiger partial charge in [0.25, 0.3) is 0 Å². The number of nitrogens with two attached hydrogens (primary N) is 2. The van der Waals surface area contributed by atoms with Gasteiger partial charge in [0.1, 0.15) is 11.4 Å². The van der Waals surface area contributed by atoms with Crippen molar-refractivity contribution in [2.45, 2.75) is 19.4 Å². The summed E-state index contributed by atoms with van der Waals surface area (Å²) in [7, 11) is 0. The number of phenolic OH excluding ortho intramolecular Hbond substituents is 1. The van der Waals surface area contributed by atoms with Crippen molar-refractivity contribution in [3.05, 3.63) is 41.5 Å². The molecular weight excluding hydrogens is 278 g/mol. The van der Waals surface area contributed by atoms with E-state index in [1.165, 1.54) is 11.6 Å². The zero-order chi connectivity index (χ0) is 15.5. The van der Waals surface area contributed by atoms with Gasteiger partial charge >= 0.3 is 0 Å². The molecular formula is C16H17N5O. The van der Waals surface area contributed by atoms with E-state index in [4.69, 9.17) is 11.5 Å². The minimum absolute atomic E-state index is 0.0746. The van der Waals surface area contributed by atoms with E-state index < -0.39 is 0 Å². The predicted octanol–water partition coefficient (Wildman–Crippen LogP) is 3.50. The highest BCUT2D eigenvalue weighted by atomic mass is 16.3. The van der Waals surface area contributed by atoms with Crippen molar-refractivity contribution in [2.24, 2.45) is 21.0 Å². The van der Waals surface area contributed by atoms with Crippen LogP contribution in [-0.4, -0.2) is 11.3 Å². The highest BCUT2D eigenvalue weighted by Gasteiger charge is 2.08. The first-order valence-corrected chi connectivity index (χ1v) is 7.06. The molecule has 1 aliphatic rings. The van der Waals surface area contributed by atoms with Gasteiger partial charge in [0.05, 0.1) is 17.1 Å². The number of hydrogen-bond acceptors (Lipinski definition) is 6. The van der Waals surface area contributed by atoms with Crippen molar-refractivity contribution in [3.8, 4) is 5.75 Å². The second-order valence-electron chi connectivity index (χ2n) is 5.11. The molecule has 1 heterocycles. The van der Waals surface area contributed by atoms with Crippen molar-refractivity contribution in [1.29, 1.82) is 0 Å². The third-order valence-electron chi connectivity index (χ3n) is 3.56. The summed E-state index contributed by atoms with van der Waals surface area (Å²) < 4.78 is 0. The molecule has 0 aliphatic carbocycles. The van der Waals surface area contributed by atoms with Crippen LogP contribution in [0.3, 0.4) is 0 Å². The zero-order valence-corrected chi connectivity index (χ0v) is 12.0. The van der Waals surface area contributed by atoms with Gasteiger partial charge in [0, 0.05) is 24.4 Å². The first-order chi connectivity index (χ1) is 10.7. The number of nitrogen functional groups attached to an aromatic ring is 1. The molecule has 0 amide bonds. The summed E-state index contributed by atoms with van der Waals surface area (Å²) in [5.41, 5.74) is 15.8. The highest BCUT2D eigenvalue weighted by molar-refractivity contribution is 5.70. The molecule has 6 nitrogen and oxygen atoms in total. The van der Waals surface area contributed by atoms with Crippen molar-refractivity contribution in [3.63, 3.8) is 0 Å². The van der Waals surface area contributed by atoms with E-state index in [9.17, 15) is 5.11 Å². The summed E-state index contributed by atoms with van der Waals surface area (Å²) in [5.74, 6) is 0.0746. The molecule has 0 saturated carbocycles. The van der Waals surface area contributed by atoms with Crippen LogP contribution in [0.2, 0.25) is 0 Å². The molecule has 6 heteroatoms. The smallest absolute Gasteiger partial charge is 0.122 e. The van der Waals surface area contributed by atoms with E-state index in [2.05, 4.69) is 15.2 Å². The van der Waals surface area contributed by atoms with Gasteiger partial charge in [-0.2, -0.15) is 5.11 Å². The standard InChI is InChI=1S/C16H17N5O/c17-9-11-7-15(13(18)8-16(11)22)21-20-12-3-4-14-10(6-12)2-1-5-19-14/h3-8,22H,1-2,9,17-18H2/b21-20+. The minimum Gasteiger partial charge on any atom is -0.508 e.